The normalized spacial score (nSPS) is 12.1. The molecule has 4 rings (SSSR count). The van der Waals surface area contributed by atoms with E-state index >= 15 is 0 Å². The van der Waals surface area contributed by atoms with Crippen LogP contribution in [-0.4, -0.2) is 24.1 Å². The van der Waals surface area contributed by atoms with Crippen molar-refractivity contribution in [3.8, 4) is 5.75 Å². The summed E-state index contributed by atoms with van der Waals surface area (Å²) in [5, 5.41) is 11.0. The van der Waals surface area contributed by atoms with Crippen LogP contribution in [0.4, 0.5) is 0 Å². The van der Waals surface area contributed by atoms with Crippen molar-refractivity contribution in [2.24, 2.45) is 11.0 Å². The van der Waals surface area contributed by atoms with Crippen molar-refractivity contribution >= 4 is 56.1 Å². The van der Waals surface area contributed by atoms with Gasteiger partial charge >= 0.3 is 0 Å². The molecule has 3 aromatic carbocycles. The Morgan fingerprint density at radius 3 is 2.54 bits per heavy atom. The minimum absolute atomic E-state index is 0.107. The SMILES string of the molecule is CC(C)C(NC(=O)Cc1cccs1)C(=O)NN=Cc1c(OCc2ccc(Br)cc2)ccc2ccccc12. The van der Waals surface area contributed by atoms with E-state index < -0.39 is 6.04 Å². The molecule has 1 atom stereocenters. The zero-order valence-electron chi connectivity index (χ0n) is 20.6. The average molecular weight is 579 g/mol. The Morgan fingerprint density at radius 1 is 1.03 bits per heavy atom. The predicted octanol–water partition coefficient (Wildman–Crippen LogP) is 6.08. The van der Waals surface area contributed by atoms with E-state index in [-0.39, 0.29) is 24.2 Å². The molecule has 0 aliphatic heterocycles. The number of halogens is 1. The summed E-state index contributed by atoms with van der Waals surface area (Å²) in [6, 6.07) is 22.9. The summed E-state index contributed by atoms with van der Waals surface area (Å²) in [5.41, 5.74) is 4.40. The van der Waals surface area contributed by atoms with E-state index in [1.54, 1.807) is 6.21 Å². The van der Waals surface area contributed by atoms with Crippen LogP contribution < -0.4 is 15.5 Å². The van der Waals surface area contributed by atoms with Gasteiger partial charge < -0.3 is 10.1 Å². The maximum Gasteiger partial charge on any atom is 0.262 e. The van der Waals surface area contributed by atoms with Crippen LogP contribution in [0.2, 0.25) is 0 Å². The molecule has 2 N–H and O–H groups in total. The topological polar surface area (TPSA) is 79.8 Å². The van der Waals surface area contributed by atoms with Crippen molar-refractivity contribution in [3.05, 3.63) is 98.7 Å². The summed E-state index contributed by atoms with van der Waals surface area (Å²) in [5.74, 6) is -0.0181. The first kappa shape index (κ1) is 26.6. The lowest BCUT2D eigenvalue weighted by atomic mass is 10.0. The highest BCUT2D eigenvalue weighted by Gasteiger charge is 2.24. The van der Waals surface area contributed by atoms with Crippen molar-refractivity contribution in [2.45, 2.75) is 32.9 Å². The summed E-state index contributed by atoms with van der Waals surface area (Å²) >= 11 is 4.96. The van der Waals surface area contributed by atoms with Crippen LogP contribution in [0.5, 0.6) is 5.75 Å². The second kappa shape index (κ2) is 12.7. The number of rotatable bonds is 10. The number of carbonyl (C=O) groups excluding carboxylic acids is 2. The van der Waals surface area contributed by atoms with Gasteiger partial charge in [0.25, 0.3) is 5.91 Å². The highest BCUT2D eigenvalue weighted by Crippen LogP contribution is 2.27. The highest BCUT2D eigenvalue weighted by atomic mass is 79.9. The quantitative estimate of drug-likeness (QED) is 0.177. The molecule has 1 aromatic heterocycles. The first-order chi connectivity index (χ1) is 17.9. The molecule has 0 bridgehead atoms. The molecule has 0 spiro atoms. The number of hydrazone groups is 1. The number of thiophene rings is 1. The third-order valence-corrected chi connectivity index (χ3v) is 7.19. The first-order valence-corrected chi connectivity index (χ1v) is 13.6. The molecular weight excluding hydrogens is 550 g/mol. The van der Waals surface area contributed by atoms with Crippen molar-refractivity contribution < 1.29 is 14.3 Å². The number of benzene rings is 3. The fraction of sp³-hybridized carbons (Fsp3) is 0.207. The van der Waals surface area contributed by atoms with E-state index in [1.165, 1.54) is 11.3 Å². The molecular formula is C29H28BrN3O3S. The minimum atomic E-state index is -0.703. The molecule has 0 saturated carbocycles. The number of hydrogen-bond donors (Lipinski definition) is 2. The summed E-state index contributed by atoms with van der Waals surface area (Å²) in [7, 11) is 0. The molecule has 6 nitrogen and oxygen atoms in total. The van der Waals surface area contributed by atoms with E-state index in [4.69, 9.17) is 4.74 Å². The molecule has 1 unspecified atom stereocenters. The first-order valence-electron chi connectivity index (χ1n) is 11.9. The van der Waals surface area contributed by atoms with Crippen molar-refractivity contribution in [2.75, 3.05) is 0 Å². The van der Waals surface area contributed by atoms with Gasteiger partial charge in [-0.25, -0.2) is 5.43 Å². The molecule has 0 fully saturated rings. The number of nitrogens with zero attached hydrogens (tertiary/aromatic N) is 1. The molecule has 2 amide bonds. The summed E-state index contributed by atoms with van der Waals surface area (Å²) in [6.07, 6.45) is 1.84. The van der Waals surface area contributed by atoms with Gasteiger partial charge in [0.15, 0.2) is 0 Å². The maximum atomic E-state index is 12.9. The van der Waals surface area contributed by atoms with Crippen LogP contribution in [0.3, 0.4) is 0 Å². The lowest BCUT2D eigenvalue weighted by molar-refractivity contribution is -0.129. The lowest BCUT2D eigenvalue weighted by Crippen LogP contribution is -2.49. The summed E-state index contributed by atoms with van der Waals surface area (Å²) in [6.45, 7) is 4.17. The molecule has 8 heteroatoms. The van der Waals surface area contributed by atoms with E-state index in [1.807, 2.05) is 92.0 Å². The number of fused-ring (bicyclic) bond motifs is 1. The standard InChI is InChI=1S/C29H28BrN3O3S/c1-19(2)28(32-27(34)16-23-7-5-15-37-23)29(35)33-31-17-25-24-8-4-3-6-21(24)11-14-26(25)36-18-20-9-12-22(30)13-10-20/h3-15,17,19,28H,16,18H2,1-2H3,(H,32,34)(H,33,35). The van der Waals surface area contributed by atoms with Crippen LogP contribution >= 0.6 is 27.3 Å². The summed E-state index contributed by atoms with van der Waals surface area (Å²) in [4.78, 5) is 26.4. The molecule has 37 heavy (non-hydrogen) atoms. The number of nitrogens with one attached hydrogen (secondary N) is 2. The van der Waals surface area contributed by atoms with Gasteiger partial charge in [-0.1, -0.05) is 78.3 Å². The van der Waals surface area contributed by atoms with Crippen LogP contribution in [-0.2, 0) is 22.6 Å². The molecule has 0 aliphatic carbocycles. The zero-order chi connectivity index (χ0) is 26.2. The Hall–Kier alpha value is -3.49. The Kier molecular flexibility index (Phi) is 9.09. The van der Waals surface area contributed by atoms with E-state index in [2.05, 4.69) is 31.8 Å². The third kappa shape index (κ3) is 7.27. The fourth-order valence-corrected chi connectivity index (χ4v) is 4.80. The fourth-order valence-electron chi connectivity index (χ4n) is 3.84. The second-order valence-electron chi connectivity index (χ2n) is 8.89. The third-order valence-electron chi connectivity index (χ3n) is 5.79. The smallest absolute Gasteiger partial charge is 0.262 e. The maximum absolute atomic E-state index is 12.9. The van der Waals surface area contributed by atoms with Crippen LogP contribution in [0, 0.1) is 5.92 Å². The van der Waals surface area contributed by atoms with Crippen LogP contribution in [0.15, 0.2) is 87.8 Å². The van der Waals surface area contributed by atoms with E-state index in [0.29, 0.717) is 12.4 Å². The Labute approximate surface area is 228 Å². The van der Waals surface area contributed by atoms with Gasteiger partial charge in [-0.2, -0.15) is 5.10 Å². The van der Waals surface area contributed by atoms with Crippen molar-refractivity contribution in [1.82, 2.24) is 10.7 Å². The second-order valence-corrected chi connectivity index (χ2v) is 10.8. The minimum Gasteiger partial charge on any atom is -0.488 e. The number of carbonyl (C=O) groups is 2. The zero-order valence-corrected chi connectivity index (χ0v) is 23.0. The Morgan fingerprint density at radius 2 is 1.81 bits per heavy atom. The molecule has 4 aromatic rings. The van der Waals surface area contributed by atoms with Gasteiger partial charge in [-0.15, -0.1) is 11.3 Å². The number of amides is 2. The largest absolute Gasteiger partial charge is 0.488 e. The molecule has 0 radical (unpaired) electrons. The van der Waals surface area contributed by atoms with Crippen molar-refractivity contribution in [1.29, 1.82) is 0 Å². The van der Waals surface area contributed by atoms with Gasteiger partial charge in [-0.05, 0) is 51.9 Å². The molecule has 0 aliphatic rings. The summed E-state index contributed by atoms with van der Waals surface area (Å²) < 4.78 is 7.15. The monoisotopic (exact) mass is 577 g/mol. The number of ether oxygens (including phenoxy) is 1. The Bertz CT molecular complexity index is 1390. The van der Waals surface area contributed by atoms with E-state index in [9.17, 15) is 9.59 Å². The molecule has 0 saturated heterocycles. The van der Waals surface area contributed by atoms with Gasteiger partial charge in [0.1, 0.15) is 18.4 Å². The number of hydrogen-bond acceptors (Lipinski definition) is 5. The Balaban J connectivity index is 1.48. The van der Waals surface area contributed by atoms with Gasteiger partial charge in [0.2, 0.25) is 5.91 Å². The van der Waals surface area contributed by atoms with Gasteiger partial charge in [-0.3, -0.25) is 9.59 Å². The van der Waals surface area contributed by atoms with Crippen LogP contribution in [0.1, 0.15) is 29.9 Å². The molecule has 1 heterocycles. The van der Waals surface area contributed by atoms with Crippen molar-refractivity contribution in [3.63, 3.8) is 0 Å². The van der Waals surface area contributed by atoms with Crippen LogP contribution in [0.25, 0.3) is 10.8 Å². The van der Waals surface area contributed by atoms with E-state index in [0.717, 1.165) is 31.2 Å². The lowest BCUT2D eigenvalue weighted by Gasteiger charge is -2.20. The predicted molar refractivity (Wildman–Crippen MR) is 153 cm³/mol. The highest BCUT2D eigenvalue weighted by molar-refractivity contribution is 9.10. The average Bonchev–Trinajstić information content (AvgIpc) is 3.40. The van der Waals surface area contributed by atoms with Gasteiger partial charge in [0.05, 0.1) is 12.6 Å². The molecule has 190 valence electrons. The van der Waals surface area contributed by atoms with Gasteiger partial charge in [0, 0.05) is 14.9 Å².